The van der Waals surface area contributed by atoms with Crippen LogP contribution in [0.15, 0.2) is 36.4 Å². The minimum atomic E-state index is -0.149. The third-order valence-corrected chi connectivity index (χ3v) is 6.24. The van der Waals surface area contributed by atoms with E-state index in [-0.39, 0.29) is 11.9 Å². The monoisotopic (exact) mass is 433 g/mol. The zero-order chi connectivity index (χ0) is 21.1. The fourth-order valence-corrected chi connectivity index (χ4v) is 4.00. The molecule has 2 aromatic carbocycles. The number of halogens is 2. The number of benzene rings is 2. The Morgan fingerprint density at radius 3 is 2.28 bits per heavy atom. The molecule has 1 aliphatic heterocycles. The molecule has 0 saturated carbocycles. The largest absolute Gasteiger partial charge is 0.377 e. The summed E-state index contributed by atoms with van der Waals surface area (Å²) >= 11 is 12.3. The van der Waals surface area contributed by atoms with E-state index in [1.165, 1.54) is 11.1 Å². The Balaban J connectivity index is 1.85. The second kappa shape index (κ2) is 9.51. The molecular weight excluding hydrogens is 405 g/mol. The Labute approximate surface area is 184 Å². The van der Waals surface area contributed by atoms with Gasteiger partial charge >= 0.3 is 0 Å². The normalized spacial score (nSPS) is 17.2. The Morgan fingerprint density at radius 2 is 1.69 bits per heavy atom. The summed E-state index contributed by atoms with van der Waals surface area (Å²) in [6.45, 7) is 10.3. The molecule has 3 nitrogen and oxygen atoms in total. The molecule has 1 aliphatic rings. The summed E-state index contributed by atoms with van der Waals surface area (Å²) in [5, 5.41) is 1.00. The molecule has 1 amide bonds. The summed E-state index contributed by atoms with van der Waals surface area (Å²) in [4.78, 5) is 15.2. The molecular formula is C24H29Cl2NO2. The van der Waals surface area contributed by atoms with Crippen molar-refractivity contribution in [2.24, 2.45) is 0 Å². The molecule has 1 atom stereocenters. The SMILES string of the molecule is CC(C)c1cc(CC(=O)N2CCOCC2c2ccc(Cl)c(Cl)c2)cc(C(C)C)c1. The van der Waals surface area contributed by atoms with Gasteiger partial charge in [0.15, 0.2) is 0 Å². The van der Waals surface area contributed by atoms with Crippen LogP contribution in [0.25, 0.3) is 0 Å². The minimum absolute atomic E-state index is 0.111. The third-order valence-electron chi connectivity index (χ3n) is 5.50. The lowest BCUT2D eigenvalue weighted by atomic mass is 9.92. The highest BCUT2D eigenvalue weighted by Gasteiger charge is 2.29. The Bertz CT molecular complexity index is 853. The van der Waals surface area contributed by atoms with E-state index in [1.807, 2.05) is 17.0 Å². The number of ether oxygens (including phenoxy) is 1. The highest BCUT2D eigenvalue weighted by Crippen LogP contribution is 2.31. The molecule has 1 heterocycles. The molecule has 1 saturated heterocycles. The molecule has 0 N–H and O–H groups in total. The Hall–Kier alpha value is -1.55. The van der Waals surface area contributed by atoms with Gasteiger partial charge in [-0.05, 0) is 46.2 Å². The molecule has 0 aromatic heterocycles. The fourth-order valence-electron chi connectivity index (χ4n) is 3.69. The van der Waals surface area contributed by atoms with Gasteiger partial charge in [-0.3, -0.25) is 4.79 Å². The van der Waals surface area contributed by atoms with Gasteiger partial charge in [-0.25, -0.2) is 0 Å². The van der Waals surface area contributed by atoms with Crippen LogP contribution >= 0.6 is 23.2 Å². The quantitative estimate of drug-likeness (QED) is 0.546. The fraction of sp³-hybridized carbons (Fsp3) is 0.458. The number of morpholine rings is 1. The highest BCUT2D eigenvalue weighted by atomic mass is 35.5. The van der Waals surface area contributed by atoms with Crippen molar-refractivity contribution in [1.82, 2.24) is 4.90 Å². The van der Waals surface area contributed by atoms with E-state index in [2.05, 4.69) is 45.9 Å². The van der Waals surface area contributed by atoms with Gasteiger partial charge in [-0.2, -0.15) is 0 Å². The predicted molar refractivity (Wildman–Crippen MR) is 120 cm³/mol. The van der Waals surface area contributed by atoms with Crippen molar-refractivity contribution < 1.29 is 9.53 Å². The summed E-state index contributed by atoms with van der Waals surface area (Å²) in [7, 11) is 0. The van der Waals surface area contributed by atoms with Gasteiger partial charge in [0.25, 0.3) is 0 Å². The van der Waals surface area contributed by atoms with E-state index in [0.29, 0.717) is 48.1 Å². The molecule has 3 rings (SSSR count). The van der Waals surface area contributed by atoms with E-state index in [9.17, 15) is 4.79 Å². The molecule has 156 valence electrons. The summed E-state index contributed by atoms with van der Waals surface area (Å²) in [6, 6.07) is 12.0. The first kappa shape index (κ1) is 22.1. The molecule has 1 unspecified atom stereocenters. The van der Waals surface area contributed by atoms with Gasteiger partial charge in [0.05, 0.1) is 35.7 Å². The van der Waals surface area contributed by atoms with E-state index < -0.39 is 0 Å². The summed E-state index contributed by atoms with van der Waals surface area (Å²) in [5.74, 6) is 0.963. The van der Waals surface area contributed by atoms with Crippen LogP contribution in [-0.4, -0.2) is 30.6 Å². The van der Waals surface area contributed by atoms with Crippen LogP contribution < -0.4 is 0 Å². The van der Waals surface area contributed by atoms with Gasteiger partial charge in [0, 0.05) is 6.54 Å². The third kappa shape index (κ3) is 5.33. The van der Waals surface area contributed by atoms with Gasteiger partial charge in [-0.15, -0.1) is 0 Å². The van der Waals surface area contributed by atoms with Crippen molar-refractivity contribution in [3.63, 3.8) is 0 Å². The number of hydrogen-bond donors (Lipinski definition) is 0. The lowest BCUT2D eigenvalue weighted by Gasteiger charge is -2.36. The molecule has 2 aromatic rings. The zero-order valence-electron chi connectivity index (χ0n) is 17.5. The van der Waals surface area contributed by atoms with E-state index in [0.717, 1.165) is 11.1 Å². The average molecular weight is 434 g/mol. The zero-order valence-corrected chi connectivity index (χ0v) is 19.1. The maximum atomic E-state index is 13.3. The standard InChI is InChI=1S/C24H29Cl2NO2/c1-15(2)19-9-17(10-20(12-19)16(3)4)11-24(28)27-7-8-29-14-23(27)18-5-6-21(25)22(26)13-18/h5-6,9-10,12-13,15-16,23H,7-8,11,14H2,1-4H3. The van der Waals surface area contributed by atoms with Gasteiger partial charge < -0.3 is 9.64 Å². The first-order valence-corrected chi connectivity index (χ1v) is 11.0. The maximum Gasteiger partial charge on any atom is 0.227 e. The van der Waals surface area contributed by atoms with E-state index >= 15 is 0 Å². The van der Waals surface area contributed by atoms with Crippen LogP contribution in [0.3, 0.4) is 0 Å². The number of amides is 1. The molecule has 0 radical (unpaired) electrons. The van der Waals surface area contributed by atoms with Crippen LogP contribution in [0.1, 0.15) is 67.8 Å². The Morgan fingerprint density at radius 1 is 1.03 bits per heavy atom. The highest BCUT2D eigenvalue weighted by molar-refractivity contribution is 6.42. The maximum absolute atomic E-state index is 13.3. The number of hydrogen-bond acceptors (Lipinski definition) is 2. The lowest BCUT2D eigenvalue weighted by molar-refractivity contribution is -0.139. The van der Waals surface area contributed by atoms with Crippen LogP contribution in [0, 0.1) is 0 Å². The van der Waals surface area contributed by atoms with Crippen LogP contribution in [0.5, 0.6) is 0 Å². The molecule has 5 heteroatoms. The Kier molecular flexibility index (Phi) is 7.26. The molecule has 29 heavy (non-hydrogen) atoms. The van der Waals surface area contributed by atoms with Gasteiger partial charge in [0.1, 0.15) is 0 Å². The van der Waals surface area contributed by atoms with Crippen molar-refractivity contribution in [2.45, 2.75) is 52.0 Å². The summed E-state index contributed by atoms with van der Waals surface area (Å²) < 4.78 is 5.67. The van der Waals surface area contributed by atoms with Crippen molar-refractivity contribution in [3.05, 3.63) is 68.7 Å². The van der Waals surface area contributed by atoms with Gasteiger partial charge in [-0.1, -0.05) is 75.2 Å². The number of carbonyl (C=O) groups is 1. The van der Waals surface area contributed by atoms with Crippen molar-refractivity contribution in [3.8, 4) is 0 Å². The van der Waals surface area contributed by atoms with E-state index in [4.69, 9.17) is 27.9 Å². The average Bonchev–Trinajstić information content (AvgIpc) is 2.69. The van der Waals surface area contributed by atoms with Gasteiger partial charge in [0.2, 0.25) is 5.91 Å². The summed E-state index contributed by atoms with van der Waals surface area (Å²) in [5.41, 5.74) is 4.58. The first-order valence-electron chi connectivity index (χ1n) is 10.2. The lowest BCUT2D eigenvalue weighted by Crippen LogP contribution is -2.44. The topological polar surface area (TPSA) is 29.5 Å². The predicted octanol–water partition coefficient (Wildman–Crippen LogP) is 6.38. The van der Waals surface area contributed by atoms with Crippen molar-refractivity contribution >= 4 is 29.1 Å². The molecule has 1 fully saturated rings. The number of rotatable bonds is 5. The minimum Gasteiger partial charge on any atom is -0.377 e. The molecule has 0 aliphatic carbocycles. The van der Waals surface area contributed by atoms with Crippen LogP contribution in [-0.2, 0) is 16.0 Å². The molecule has 0 spiro atoms. The van der Waals surface area contributed by atoms with Crippen LogP contribution in [0.4, 0.5) is 0 Å². The van der Waals surface area contributed by atoms with E-state index in [1.54, 1.807) is 6.07 Å². The number of carbonyl (C=O) groups excluding carboxylic acids is 1. The smallest absolute Gasteiger partial charge is 0.227 e. The second-order valence-corrected chi connectivity index (χ2v) is 9.16. The van der Waals surface area contributed by atoms with Crippen molar-refractivity contribution in [2.75, 3.05) is 19.8 Å². The van der Waals surface area contributed by atoms with Crippen LogP contribution in [0.2, 0.25) is 10.0 Å². The number of nitrogens with zero attached hydrogens (tertiary/aromatic N) is 1. The molecule has 0 bridgehead atoms. The van der Waals surface area contributed by atoms with Crippen molar-refractivity contribution in [1.29, 1.82) is 0 Å². The second-order valence-electron chi connectivity index (χ2n) is 8.35. The summed E-state index contributed by atoms with van der Waals surface area (Å²) in [6.07, 6.45) is 0.387. The first-order chi connectivity index (χ1) is 13.8.